The number of fused-ring (bicyclic) bond motifs is 19. The SMILES string of the molecule is CC1(C)c2cc3c(cc2-c2cc4c(cc21)-c1c(cc(-c2ccc5c(c2)oc2ccc(P(=O)(c6ccccc6)c6ccccc6)cc25)c2ccccc12)C4(C)C)C(C)(C)c1cc(-c2ccc4c(c2)oc2ccc(P(=O)(c5ccccc5)c5ccccc5)cc24)c2ccccc2c1-3. The monoisotopic (exact) mass is 1260 g/mol. The molecule has 0 saturated heterocycles. The van der Waals surface area contributed by atoms with Crippen LogP contribution in [0.1, 0.15) is 74.9 Å². The molecule has 0 fully saturated rings. The number of hydrogen-bond donors (Lipinski definition) is 0. The Kier molecular flexibility index (Phi) is 11.8. The van der Waals surface area contributed by atoms with Gasteiger partial charge in [-0.2, -0.15) is 0 Å². The van der Waals surface area contributed by atoms with Gasteiger partial charge in [0.05, 0.1) is 0 Å². The van der Waals surface area contributed by atoms with Crippen molar-refractivity contribution in [1.82, 2.24) is 0 Å². The minimum Gasteiger partial charge on any atom is -0.456 e. The molecular formula is C89H64O4P2. The van der Waals surface area contributed by atoms with E-state index < -0.39 is 14.3 Å². The molecule has 16 aromatic rings. The van der Waals surface area contributed by atoms with E-state index in [1.165, 1.54) is 99.4 Å². The summed E-state index contributed by atoms with van der Waals surface area (Å²) in [6.07, 6.45) is 0. The van der Waals surface area contributed by atoms with E-state index in [4.69, 9.17) is 8.83 Å². The second-order valence-electron chi connectivity index (χ2n) is 28.1. The number of rotatable bonds is 8. The van der Waals surface area contributed by atoms with Crippen LogP contribution in [0.3, 0.4) is 0 Å². The van der Waals surface area contributed by atoms with Gasteiger partial charge in [-0.25, -0.2) is 0 Å². The Labute approximate surface area is 551 Å². The Bertz CT molecular complexity index is 5650. The summed E-state index contributed by atoms with van der Waals surface area (Å²) in [6.45, 7) is 14.5. The topological polar surface area (TPSA) is 60.4 Å². The zero-order valence-corrected chi connectivity index (χ0v) is 55.4. The standard InChI is InChI=1S/C89H64O4P2/c1-87(2)75-51-73-77(88(3,4)79-47-67(61-31-19-21-33-65(61)85(73)79)53-35-39-63-71-45-59(37-41-81(71)92-83(63)43-53)94(90,55-23-11-7-12-24-55)56-25-13-8-14-26-56)49-69(75)70-50-78-74(52-76(70)87)86-66-34-22-20-32-62(66)68(48-80(86)89(78,5)6)54-36-40-64-72-46-60(38-42-82(72)93-84(64)44-54)95(91,57-27-15-9-16-28-57)58-29-17-10-18-30-58/h7-52H,1-6H3. The Morgan fingerprint density at radius 1 is 0.232 bits per heavy atom. The fourth-order valence-corrected chi connectivity index (χ4v) is 22.4. The average molecular weight is 1260 g/mol. The van der Waals surface area contributed by atoms with Crippen molar-refractivity contribution in [1.29, 1.82) is 0 Å². The summed E-state index contributed by atoms with van der Waals surface area (Å²) < 4.78 is 44.5. The first-order valence-corrected chi connectivity index (χ1v) is 36.4. The minimum atomic E-state index is -3.20. The minimum absolute atomic E-state index is 0.286. The molecule has 0 unspecified atom stereocenters. The smallest absolute Gasteiger partial charge is 0.171 e. The molecule has 0 amide bonds. The second kappa shape index (κ2) is 19.9. The van der Waals surface area contributed by atoms with Gasteiger partial charge in [-0.15, -0.1) is 0 Å². The summed E-state index contributed by atoms with van der Waals surface area (Å²) in [5, 5.41) is 13.6. The van der Waals surface area contributed by atoms with Gasteiger partial charge < -0.3 is 18.0 Å². The molecule has 454 valence electrons. The fraction of sp³-hybridized carbons (Fsp3) is 0.101. The van der Waals surface area contributed by atoms with E-state index >= 15 is 9.13 Å². The summed E-state index contributed by atoms with van der Waals surface area (Å²) in [7, 11) is -6.41. The van der Waals surface area contributed by atoms with E-state index in [2.05, 4.69) is 175 Å². The van der Waals surface area contributed by atoms with Crippen LogP contribution in [0.25, 0.3) is 121 Å². The molecule has 0 saturated carbocycles. The number of hydrogen-bond acceptors (Lipinski definition) is 4. The van der Waals surface area contributed by atoms with Gasteiger partial charge in [-0.1, -0.05) is 224 Å². The van der Waals surface area contributed by atoms with Gasteiger partial charge in [-0.05, 0) is 208 Å². The lowest BCUT2D eigenvalue weighted by atomic mass is 9.78. The summed E-state index contributed by atoms with van der Waals surface area (Å²) in [6, 6.07) is 98.0. The average Bonchev–Trinajstić information content (AvgIpc) is 1.52. The van der Waals surface area contributed by atoms with Crippen LogP contribution >= 0.6 is 14.3 Å². The van der Waals surface area contributed by atoms with E-state index in [0.717, 1.165) is 86.8 Å². The van der Waals surface area contributed by atoms with Crippen molar-refractivity contribution in [3.05, 3.63) is 312 Å². The highest BCUT2D eigenvalue weighted by atomic mass is 31.2. The Hall–Kier alpha value is -10.3. The van der Waals surface area contributed by atoms with Gasteiger partial charge in [0.25, 0.3) is 0 Å². The van der Waals surface area contributed by atoms with Crippen molar-refractivity contribution in [2.75, 3.05) is 0 Å². The zero-order valence-electron chi connectivity index (χ0n) is 53.6. The molecule has 0 N–H and O–H groups in total. The first-order chi connectivity index (χ1) is 46.1. The van der Waals surface area contributed by atoms with E-state index in [9.17, 15) is 0 Å². The number of benzene rings is 14. The van der Waals surface area contributed by atoms with Gasteiger partial charge in [0.2, 0.25) is 0 Å². The maximum atomic E-state index is 15.5. The van der Waals surface area contributed by atoms with Crippen LogP contribution in [0.15, 0.2) is 288 Å². The number of furan rings is 2. The van der Waals surface area contributed by atoms with Gasteiger partial charge in [0.15, 0.2) is 14.3 Å². The second-order valence-corrected chi connectivity index (χ2v) is 33.6. The maximum absolute atomic E-state index is 15.5. The zero-order chi connectivity index (χ0) is 64.1. The summed E-state index contributed by atoms with van der Waals surface area (Å²) in [4.78, 5) is 0. The molecule has 95 heavy (non-hydrogen) atoms. The molecule has 19 rings (SSSR count). The quantitative estimate of drug-likeness (QED) is 0.142. The molecule has 3 aliphatic carbocycles. The van der Waals surface area contributed by atoms with Crippen molar-refractivity contribution in [2.24, 2.45) is 0 Å². The van der Waals surface area contributed by atoms with E-state index in [0.29, 0.717) is 0 Å². The third-order valence-electron chi connectivity index (χ3n) is 22.0. The Balaban J connectivity index is 0.690. The highest BCUT2D eigenvalue weighted by molar-refractivity contribution is 7.85. The molecule has 0 spiro atoms. The molecule has 0 aliphatic heterocycles. The van der Waals surface area contributed by atoms with Crippen LogP contribution in [0.5, 0.6) is 0 Å². The molecule has 6 heteroatoms. The van der Waals surface area contributed by atoms with Crippen LogP contribution in [-0.4, -0.2) is 0 Å². The van der Waals surface area contributed by atoms with Crippen molar-refractivity contribution < 1.29 is 18.0 Å². The van der Waals surface area contributed by atoms with Crippen LogP contribution in [0.4, 0.5) is 0 Å². The predicted octanol–water partition coefficient (Wildman–Crippen LogP) is 21.3. The van der Waals surface area contributed by atoms with Crippen LogP contribution < -0.4 is 31.8 Å². The van der Waals surface area contributed by atoms with E-state index in [-0.39, 0.29) is 16.2 Å². The molecule has 0 radical (unpaired) electrons. The summed E-state index contributed by atoms with van der Waals surface area (Å²) >= 11 is 0. The van der Waals surface area contributed by atoms with Crippen LogP contribution in [0.2, 0.25) is 0 Å². The van der Waals surface area contributed by atoms with Crippen molar-refractivity contribution in [3.63, 3.8) is 0 Å². The largest absolute Gasteiger partial charge is 0.456 e. The first-order valence-electron chi connectivity index (χ1n) is 33.0. The van der Waals surface area contributed by atoms with Gasteiger partial charge in [0, 0.05) is 69.6 Å². The third kappa shape index (κ3) is 7.79. The van der Waals surface area contributed by atoms with Crippen molar-refractivity contribution in [3.8, 4) is 55.6 Å². The lowest BCUT2D eigenvalue weighted by molar-refractivity contribution is 0.591. The van der Waals surface area contributed by atoms with Gasteiger partial charge in [-0.3, -0.25) is 0 Å². The van der Waals surface area contributed by atoms with Crippen molar-refractivity contribution in [2.45, 2.75) is 57.8 Å². The highest BCUT2D eigenvalue weighted by Gasteiger charge is 2.46. The molecule has 0 bridgehead atoms. The first kappa shape index (κ1) is 56.2. The van der Waals surface area contributed by atoms with E-state index in [1.54, 1.807) is 0 Å². The van der Waals surface area contributed by atoms with Crippen molar-refractivity contribution >= 4 is 112 Å². The molecule has 3 aliphatic rings. The Morgan fingerprint density at radius 3 is 0.905 bits per heavy atom. The molecule has 2 heterocycles. The summed E-state index contributed by atoms with van der Waals surface area (Å²) in [5.74, 6) is 0. The lowest BCUT2D eigenvalue weighted by Gasteiger charge is -2.25. The van der Waals surface area contributed by atoms with Gasteiger partial charge >= 0.3 is 0 Å². The fourth-order valence-electron chi connectivity index (χ4n) is 17.1. The molecule has 0 atom stereocenters. The highest BCUT2D eigenvalue weighted by Crippen LogP contribution is 2.62. The van der Waals surface area contributed by atoms with E-state index in [1.807, 2.05) is 146 Å². The predicted molar refractivity (Wildman–Crippen MR) is 398 cm³/mol. The van der Waals surface area contributed by atoms with Crippen LogP contribution in [0, 0.1) is 0 Å². The molecule has 2 aromatic heterocycles. The van der Waals surface area contributed by atoms with Gasteiger partial charge in [0.1, 0.15) is 22.3 Å². The Morgan fingerprint density at radius 2 is 0.537 bits per heavy atom. The lowest BCUT2D eigenvalue weighted by Crippen LogP contribution is -2.24. The third-order valence-corrected chi connectivity index (χ3v) is 28.1. The maximum Gasteiger partial charge on any atom is 0.171 e. The molecular weight excluding hydrogens is 1190 g/mol. The molecule has 14 aromatic carbocycles. The molecule has 4 nitrogen and oxygen atoms in total. The summed E-state index contributed by atoms with van der Waals surface area (Å²) in [5.41, 5.74) is 22.8. The normalized spacial score (nSPS) is 14.8. The van der Waals surface area contributed by atoms with Crippen LogP contribution in [-0.2, 0) is 25.4 Å².